The fourth-order valence-corrected chi connectivity index (χ4v) is 5.04. The van der Waals surface area contributed by atoms with E-state index in [0.717, 1.165) is 12.8 Å². The summed E-state index contributed by atoms with van der Waals surface area (Å²) in [4.78, 5) is 0. The molecule has 2 aliphatic heterocycles. The number of fused-ring (bicyclic) bond motifs is 2. The number of hydrogen-bond acceptors (Lipinski definition) is 2. The van der Waals surface area contributed by atoms with E-state index in [0.29, 0.717) is 23.7 Å². The van der Waals surface area contributed by atoms with Crippen LogP contribution >= 0.6 is 0 Å². The van der Waals surface area contributed by atoms with Gasteiger partial charge in [-0.3, -0.25) is 0 Å². The lowest BCUT2D eigenvalue weighted by Gasteiger charge is -2.33. The molecule has 2 heterocycles. The molecule has 3 rings (SSSR count). The fraction of sp³-hybridized carbons (Fsp3) is 0.800. The molecule has 0 aromatic heterocycles. The second-order valence-electron chi connectivity index (χ2n) is 8.49. The molecule has 1 aliphatic carbocycles. The van der Waals surface area contributed by atoms with Gasteiger partial charge in [-0.1, -0.05) is 37.6 Å². The summed E-state index contributed by atoms with van der Waals surface area (Å²) in [5.74, 6) is 1.86. The van der Waals surface area contributed by atoms with Crippen molar-refractivity contribution in [3.05, 3.63) is 23.8 Å². The number of aliphatic hydroxyl groups is 1. The lowest BCUT2D eigenvalue weighted by atomic mass is 9.68. The SMILES string of the molecule is CC1=C[C@@H](O)[C@@H]([C@@H](C)/C=C/[C@H]2[C@H](C)[C@]3(C)CC[C@@]2(C)O3)CC1. The van der Waals surface area contributed by atoms with Gasteiger partial charge in [0.05, 0.1) is 17.3 Å². The Balaban J connectivity index is 1.70. The van der Waals surface area contributed by atoms with Crippen molar-refractivity contribution in [2.24, 2.45) is 23.7 Å². The molecule has 124 valence electrons. The molecule has 2 nitrogen and oxygen atoms in total. The van der Waals surface area contributed by atoms with Crippen LogP contribution in [-0.4, -0.2) is 22.4 Å². The predicted molar refractivity (Wildman–Crippen MR) is 90.6 cm³/mol. The van der Waals surface area contributed by atoms with Crippen LogP contribution in [0.5, 0.6) is 0 Å². The minimum absolute atomic E-state index is 0.0199. The summed E-state index contributed by atoms with van der Waals surface area (Å²) in [5.41, 5.74) is 1.42. The van der Waals surface area contributed by atoms with Crippen molar-refractivity contribution < 1.29 is 9.84 Å². The van der Waals surface area contributed by atoms with Crippen molar-refractivity contribution in [1.82, 2.24) is 0 Å². The molecule has 0 amide bonds. The van der Waals surface area contributed by atoms with E-state index in [1.807, 2.05) is 6.08 Å². The first kappa shape index (κ1) is 16.3. The Morgan fingerprint density at radius 3 is 2.59 bits per heavy atom. The molecule has 2 fully saturated rings. The number of aliphatic hydroxyl groups excluding tert-OH is 1. The summed E-state index contributed by atoms with van der Waals surface area (Å²) in [6.07, 6.45) is 11.1. The van der Waals surface area contributed by atoms with Gasteiger partial charge in [0.15, 0.2) is 0 Å². The molecular formula is C20H32O2. The van der Waals surface area contributed by atoms with Gasteiger partial charge in [0.1, 0.15) is 0 Å². The van der Waals surface area contributed by atoms with Gasteiger partial charge in [-0.2, -0.15) is 0 Å². The minimum Gasteiger partial charge on any atom is -0.389 e. The summed E-state index contributed by atoms with van der Waals surface area (Å²) in [5, 5.41) is 10.3. The fourth-order valence-electron chi connectivity index (χ4n) is 5.04. The Morgan fingerprint density at radius 1 is 1.32 bits per heavy atom. The molecule has 0 radical (unpaired) electrons. The standard InChI is InChI=1S/C20H32O2/c1-13-6-8-16(18(21)12-13)14(2)7-9-17-15(3)19(4)10-11-20(17,5)22-19/h7,9,12,14-18,21H,6,8,10-11H2,1-5H3/b9-7+/t14-,15-,16+,17-,18+,19-,20+/m0/s1. The molecule has 0 unspecified atom stereocenters. The molecule has 22 heavy (non-hydrogen) atoms. The molecule has 0 aromatic carbocycles. The van der Waals surface area contributed by atoms with Crippen LogP contribution < -0.4 is 0 Å². The van der Waals surface area contributed by atoms with Gasteiger partial charge in [0, 0.05) is 5.92 Å². The first-order valence-corrected chi connectivity index (χ1v) is 8.99. The summed E-state index contributed by atoms with van der Waals surface area (Å²) < 4.78 is 6.37. The highest BCUT2D eigenvalue weighted by Crippen LogP contribution is 2.57. The van der Waals surface area contributed by atoms with E-state index >= 15 is 0 Å². The lowest BCUT2D eigenvalue weighted by molar-refractivity contribution is -0.0395. The molecule has 0 saturated carbocycles. The van der Waals surface area contributed by atoms with E-state index in [4.69, 9.17) is 4.74 Å². The van der Waals surface area contributed by atoms with Crippen LogP contribution in [0.3, 0.4) is 0 Å². The Morgan fingerprint density at radius 2 is 2.00 bits per heavy atom. The minimum atomic E-state index is -0.282. The monoisotopic (exact) mass is 304 g/mol. The van der Waals surface area contributed by atoms with Crippen LogP contribution in [0.4, 0.5) is 0 Å². The van der Waals surface area contributed by atoms with Crippen molar-refractivity contribution in [2.75, 3.05) is 0 Å². The van der Waals surface area contributed by atoms with Crippen LogP contribution in [0.25, 0.3) is 0 Å². The predicted octanol–water partition coefficient (Wildman–Crippen LogP) is 4.49. The Labute approximate surface area is 135 Å². The average Bonchev–Trinajstić information content (AvgIpc) is 2.84. The molecule has 2 saturated heterocycles. The number of rotatable bonds is 3. The molecule has 0 aromatic rings. The largest absolute Gasteiger partial charge is 0.389 e. The number of allylic oxidation sites excluding steroid dienone is 2. The number of hydrogen-bond donors (Lipinski definition) is 1. The zero-order valence-corrected chi connectivity index (χ0v) is 14.8. The van der Waals surface area contributed by atoms with Crippen LogP contribution in [-0.2, 0) is 4.74 Å². The third-order valence-corrected chi connectivity index (χ3v) is 6.85. The summed E-state index contributed by atoms with van der Waals surface area (Å²) in [7, 11) is 0. The van der Waals surface area contributed by atoms with Gasteiger partial charge in [-0.05, 0) is 64.2 Å². The van der Waals surface area contributed by atoms with Crippen LogP contribution in [0, 0.1) is 23.7 Å². The maximum absolute atomic E-state index is 10.3. The van der Waals surface area contributed by atoms with Crippen LogP contribution in [0.15, 0.2) is 23.8 Å². The second-order valence-corrected chi connectivity index (χ2v) is 8.49. The Hall–Kier alpha value is -0.600. The van der Waals surface area contributed by atoms with Crippen molar-refractivity contribution in [3.8, 4) is 0 Å². The molecule has 2 bridgehead atoms. The van der Waals surface area contributed by atoms with Crippen molar-refractivity contribution in [2.45, 2.75) is 77.6 Å². The van der Waals surface area contributed by atoms with Gasteiger partial charge in [0.25, 0.3) is 0 Å². The molecule has 0 spiro atoms. The van der Waals surface area contributed by atoms with E-state index in [9.17, 15) is 5.11 Å². The lowest BCUT2D eigenvalue weighted by Crippen LogP contribution is -2.35. The quantitative estimate of drug-likeness (QED) is 0.778. The number of ether oxygens (including phenoxy) is 1. The van der Waals surface area contributed by atoms with E-state index in [1.165, 1.54) is 18.4 Å². The molecular weight excluding hydrogens is 272 g/mol. The topological polar surface area (TPSA) is 29.5 Å². The van der Waals surface area contributed by atoms with Gasteiger partial charge in [-0.15, -0.1) is 0 Å². The zero-order chi connectivity index (χ0) is 16.1. The smallest absolute Gasteiger partial charge is 0.0757 e. The van der Waals surface area contributed by atoms with E-state index in [-0.39, 0.29) is 17.3 Å². The van der Waals surface area contributed by atoms with E-state index < -0.39 is 0 Å². The summed E-state index contributed by atoms with van der Waals surface area (Å²) in [6.45, 7) is 11.3. The summed E-state index contributed by atoms with van der Waals surface area (Å²) in [6, 6.07) is 0. The van der Waals surface area contributed by atoms with Gasteiger partial charge in [0.2, 0.25) is 0 Å². The first-order chi connectivity index (χ1) is 10.3. The first-order valence-electron chi connectivity index (χ1n) is 8.99. The van der Waals surface area contributed by atoms with Gasteiger partial charge in [-0.25, -0.2) is 0 Å². The maximum atomic E-state index is 10.3. The van der Waals surface area contributed by atoms with Crippen LogP contribution in [0.2, 0.25) is 0 Å². The van der Waals surface area contributed by atoms with E-state index in [1.54, 1.807) is 0 Å². The van der Waals surface area contributed by atoms with Crippen LogP contribution in [0.1, 0.15) is 60.3 Å². The second kappa shape index (κ2) is 5.49. The highest BCUT2D eigenvalue weighted by molar-refractivity contribution is 5.17. The normalized spacial score (nSPS) is 49.6. The van der Waals surface area contributed by atoms with E-state index in [2.05, 4.69) is 46.8 Å². The average molecular weight is 304 g/mol. The molecule has 1 N–H and O–H groups in total. The highest BCUT2D eigenvalue weighted by Gasteiger charge is 2.60. The molecule has 7 atom stereocenters. The summed E-state index contributed by atoms with van der Waals surface area (Å²) >= 11 is 0. The van der Waals surface area contributed by atoms with Gasteiger partial charge < -0.3 is 9.84 Å². The molecule has 3 aliphatic rings. The maximum Gasteiger partial charge on any atom is 0.0757 e. The molecule has 2 heteroatoms. The Kier molecular flexibility index (Phi) is 4.06. The van der Waals surface area contributed by atoms with Crippen molar-refractivity contribution in [3.63, 3.8) is 0 Å². The zero-order valence-electron chi connectivity index (χ0n) is 14.8. The Bertz CT molecular complexity index is 494. The van der Waals surface area contributed by atoms with Gasteiger partial charge >= 0.3 is 0 Å². The highest BCUT2D eigenvalue weighted by atomic mass is 16.5. The van der Waals surface area contributed by atoms with Crippen molar-refractivity contribution >= 4 is 0 Å². The van der Waals surface area contributed by atoms with Crippen molar-refractivity contribution in [1.29, 1.82) is 0 Å². The third kappa shape index (κ3) is 2.59. The third-order valence-electron chi connectivity index (χ3n) is 6.85.